The van der Waals surface area contributed by atoms with E-state index in [4.69, 9.17) is 13.9 Å². The number of ketones is 1. The Balaban J connectivity index is 1.24. The average molecular weight is 598 g/mol. The normalized spacial score (nSPS) is 17.7. The second-order valence-corrected chi connectivity index (χ2v) is 11.9. The number of thioether (sulfide) groups is 1. The van der Waals surface area contributed by atoms with E-state index in [1.807, 2.05) is 18.2 Å². The van der Waals surface area contributed by atoms with Crippen LogP contribution in [0.2, 0.25) is 0 Å². The van der Waals surface area contributed by atoms with Crippen LogP contribution < -0.4 is 14.4 Å². The first kappa shape index (κ1) is 26.3. The van der Waals surface area contributed by atoms with E-state index in [1.165, 1.54) is 28.0 Å². The summed E-state index contributed by atoms with van der Waals surface area (Å²) in [6.07, 6.45) is 0. The van der Waals surface area contributed by atoms with Gasteiger partial charge in [-0.05, 0) is 53.6 Å². The number of anilines is 1. The predicted molar refractivity (Wildman–Crippen MR) is 159 cm³/mol. The molecule has 7 rings (SSSR count). The maximum atomic E-state index is 13.5. The van der Waals surface area contributed by atoms with Gasteiger partial charge in [-0.1, -0.05) is 65.6 Å². The van der Waals surface area contributed by atoms with Crippen LogP contribution in [0.1, 0.15) is 28.7 Å². The summed E-state index contributed by atoms with van der Waals surface area (Å²) < 4.78 is 17.8. The Kier molecular flexibility index (Phi) is 6.67. The second-order valence-electron chi connectivity index (χ2n) is 9.75. The van der Waals surface area contributed by atoms with E-state index in [0.717, 1.165) is 16.3 Å². The summed E-state index contributed by atoms with van der Waals surface area (Å²) in [5.74, 6) is 0.545. The van der Waals surface area contributed by atoms with Crippen molar-refractivity contribution in [2.24, 2.45) is 0 Å². The van der Waals surface area contributed by atoms with Gasteiger partial charge >= 0.3 is 5.91 Å². The second kappa shape index (κ2) is 10.7. The van der Waals surface area contributed by atoms with Crippen LogP contribution in [0.15, 0.2) is 87.1 Å². The van der Waals surface area contributed by atoms with Crippen molar-refractivity contribution in [1.82, 2.24) is 10.2 Å². The molecule has 1 unspecified atom stereocenters. The summed E-state index contributed by atoms with van der Waals surface area (Å²) in [7, 11) is 0. The van der Waals surface area contributed by atoms with Gasteiger partial charge in [0.1, 0.15) is 36.5 Å². The molecule has 1 amide bonds. The Bertz CT molecular complexity index is 1890. The quantitative estimate of drug-likeness (QED) is 0.0794. The molecule has 0 bridgehead atoms. The molecule has 1 fully saturated rings. The molecular formula is C31H23N3O6S2. The number of Topliss-reactive ketones (excluding diaryl/α,β-unsaturated/α-hetero) is 1. The number of nitrogens with zero attached hydrogens (tertiary/aromatic N) is 3. The third-order valence-corrected chi connectivity index (χ3v) is 9.23. The van der Waals surface area contributed by atoms with Crippen LogP contribution in [-0.2, 0) is 15.3 Å². The minimum atomic E-state index is -1.03. The number of aliphatic hydroxyl groups is 1. The minimum Gasteiger partial charge on any atom is -0.507 e. The van der Waals surface area contributed by atoms with Crippen LogP contribution in [0.5, 0.6) is 11.5 Å². The standard InChI is InChI=1S/C31H23N3O6S2/c1-17-9-11-23(40-17)26-25(27(35)19-10-12-22-24(15-19)39-14-13-38-22)28(36)29(37)34(26)30-32-33-31(42-30)41-16-20-7-4-6-18-5-2-3-8-21(18)20/h2-12,15,26,35H,13-14,16H2,1H3. The number of ether oxygens (including phenoxy) is 2. The molecule has 1 atom stereocenters. The van der Waals surface area contributed by atoms with Gasteiger partial charge in [0.2, 0.25) is 5.13 Å². The van der Waals surface area contributed by atoms with Gasteiger partial charge in [-0.2, -0.15) is 0 Å². The highest BCUT2D eigenvalue weighted by Gasteiger charge is 2.50. The van der Waals surface area contributed by atoms with Gasteiger partial charge in [-0.15, -0.1) is 10.2 Å². The lowest BCUT2D eigenvalue weighted by Crippen LogP contribution is -2.29. The van der Waals surface area contributed by atoms with Crippen LogP contribution in [-0.4, -0.2) is 40.2 Å². The molecule has 0 radical (unpaired) electrons. The molecule has 11 heteroatoms. The van der Waals surface area contributed by atoms with Crippen molar-refractivity contribution in [3.05, 3.63) is 101 Å². The zero-order valence-corrected chi connectivity index (χ0v) is 23.9. The molecule has 0 spiro atoms. The Hall–Kier alpha value is -4.61. The van der Waals surface area contributed by atoms with Gasteiger partial charge in [-0.25, -0.2) is 0 Å². The van der Waals surface area contributed by atoms with Crippen molar-refractivity contribution in [1.29, 1.82) is 0 Å². The fourth-order valence-electron chi connectivity index (χ4n) is 5.16. The number of aryl methyl sites for hydroxylation is 1. The third kappa shape index (κ3) is 4.60. The first-order chi connectivity index (χ1) is 20.5. The molecule has 4 heterocycles. The lowest BCUT2D eigenvalue weighted by Gasteiger charge is -2.21. The van der Waals surface area contributed by atoms with Crippen molar-refractivity contribution >= 4 is 56.5 Å². The van der Waals surface area contributed by atoms with Crippen LogP contribution in [0.3, 0.4) is 0 Å². The van der Waals surface area contributed by atoms with Crippen molar-refractivity contribution in [2.45, 2.75) is 23.1 Å². The van der Waals surface area contributed by atoms with E-state index in [2.05, 4.69) is 34.5 Å². The largest absolute Gasteiger partial charge is 0.507 e. The molecule has 0 aliphatic carbocycles. The maximum absolute atomic E-state index is 13.5. The fraction of sp³-hybridized carbons (Fsp3) is 0.161. The van der Waals surface area contributed by atoms with E-state index < -0.39 is 17.7 Å². The molecule has 42 heavy (non-hydrogen) atoms. The highest BCUT2D eigenvalue weighted by molar-refractivity contribution is 8.00. The van der Waals surface area contributed by atoms with Crippen molar-refractivity contribution in [3.8, 4) is 11.5 Å². The number of benzene rings is 3. The Morgan fingerprint density at radius 3 is 2.64 bits per heavy atom. The molecule has 5 aromatic rings. The fourth-order valence-corrected chi connectivity index (χ4v) is 7.03. The smallest absolute Gasteiger partial charge is 0.302 e. The number of rotatable bonds is 6. The van der Waals surface area contributed by atoms with Gasteiger partial charge in [0.25, 0.3) is 5.78 Å². The van der Waals surface area contributed by atoms with Crippen molar-refractivity contribution < 1.29 is 28.6 Å². The van der Waals surface area contributed by atoms with Gasteiger partial charge in [0.15, 0.2) is 15.8 Å². The summed E-state index contributed by atoms with van der Waals surface area (Å²) in [4.78, 5) is 28.2. The molecule has 2 aliphatic heterocycles. The van der Waals surface area contributed by atoms with Crippen molar-refractivity contribution in [2.75, 3.05) is 18.1 Å². The lowest BCUT2D eigenvalue weighted by molar-refractivity contribution is -0.132. The molecular weight excluding hydrogens is 574 g/mol. The monoisotopic (exact) mass is 597 g/mol. The first-order valence-corrected chi connectivity index (χ1v) is 15.0. The van der Waals surface area contributed by atoms with E-state index in [9.17, 15) is 14.7 Å². The molecule has 1 saturated heterocycles. The number of aliphatic hydroxyl groups excluding tert-OH is 1. The number of fused-ring (bicyclic) bond motifs is 2. The first-order valence-electron chi connectivity index (χ1n) is 13.2. The Morgan fingerprint density at radius 2 is 1.81 bits per heavy atom. The Labute approximate surface area is 248 Å². The highest BCUT2D eigenvalue weighted by atomic mass is 32.2. The number of carbonyl (C=O) groups excluding carboxylic acids is 2. The van der Waals surface area contributed by atoms with E-state index in [0.29, 0.717) is 51.9 Å². The number of amides is 1. The number of furan rings is 1. The SMILES string of the molecule is Cc1ccc(C2C(=C(O)c3ccc4c(c3)OCCO4)C(=O)C(=O)N2c2nnc(SCc3cccc4ccccc34)s2)o1. The van der Waals surface area contributed by atoms with Crippen LogP contribution in [0, 0.1) is 6.92 Å². The highest BCUT2D eigenvalue weighted by Crippen LogP contribution is 2.45. The zero-order chi connectivity index (χ0) is 28.8. The summed E-state index contributed by atoms with van der Waals surface area (Å²) in [5.41, 5.74) is 1.36. The van der Waals surface area contributed by atoms with Crippen molar-refractivity contribution in [3.63, 3.8) is 0 Å². The average Bonchev–Trinajstić information content (AvgIpc) is 3.73. The van der Waals surface area contributed by atoms with Gasteiger partial charge in [-0.3, -0.25) is 14.5 Å². The number of hydrogen-bond acceptors (Lipinski definition) is 10. The summed E-state index contributed by atoms with van der Waals surface area (Å²) in [6.45, 7) is 2.56. The Morgan fingerprint density at radius 1 is 1.00 bits per heavy atom. The summed E-state index contributed by atoms with van der Waals surface area (Å²) >= 11 is 2.70. The van der Waals surface area contributed by atoms with Crippen LogP contribution >= 0.6 is 23.1 Å². The van der Waals surface area contributed by atoms with E-state index in [-0.39, 0.29) is 16.5 Å². The molecule has 9 nitrogen and oxygen atoms in total. The maximum Gasteiger partial charge on any atom is 0.302 e. The molecule has 3 aromatic carbocycles. The number of carbonyl (C=O) groups is 2. The lowest BCUT2D eigenvalue weighted by atomic mass is 9.99. The third-order valence-electron chi connectivity index (χ3n) is 7.12. The topological polar surface area (TPSA) is 115 Å². The molecule has 2 aliphatic rings. The molecule has 0 saturated carbocycles. The number of aromatic nitrogens is 2. The van der Waals surface area contributed by atoms with Gasteiger partial charge in [0, 0.05) is 11.3 Å². The summed E-state index contributed by atoms with van der Waals surface area (Å²) in [6, 6.07) is 21.6. The zero-order valence-electron chi connectivity index (χ0n) is 22.3. The minimum absolute atomic E-state index is 0.105. The van der Waals surface area contributed by atoms with E-state index in [1.54, 1.807) is 37.3 Å². The molecule has 1 N–H and O–H groups in total. The predicted octanol–water partition coefficient (Wildman–Crippen LogP) is 6.28. The van der Waals surface area contributed by atoms with Gasteiger partial charge in [0.05, 0.1) is 5.57 Å². The van der Waals surface area contributed by atoms with Crippen LogP contribution in [0.4, 0.5) is 5.13 Å². The number of hydrogen-bond donors (Lipinski definition) is 1. The molecule has 2 aromatic heterocycles. The molecule has 210 valence electrons. The van der Waals surface area contributed by atoms with Gasteiger partial charge < -0.3 is 19.0 Å². The van der Waals surface area contributed by atoms with Crippen LogP contribution in [0.25, 0.3) is 16.5 Å². The summed E-state index contributed by atoms with van der Waals surface area (Å²) in [5, 5.41) is 22.6. The van der Waals surface area contributed by atoms with E-state index >= 15 is 0 Å².